The van der Waals surface area contributed by atoms with Gasteiger partial charge >= 0.3 is 0 Å². The van der Waals surface area contributed by atoms with Crippen LogP contribution in [-0.2, 0) is 4.79 Å². The molecule has 1 amide bonds. The van der Waals surface area contributed by atoms with Crippen molar-refractivity contribution in [2.75, 3.05) is 11.6 Å². The Morgan fingerprint density at radius 1 is 0.741 bits per heavy atom. The average molecular weight is 354 g/mol. The third-order valence-corrected chi connectivity index (χ3v) is 5.73. The van der Waals surface area contributed by atoms with Gasteiger partial charge in [0.2, 0.25) is 0 Å². The first kappa shape index (κ1) is 16.3. The number of carbonyl (C=O) groups is 1. The molecule has 134 valence electrons. The lowest BCUT2D eigenvalue weighted by Gasteiger charge is -2.34. The number of hydrogen-bond acceptors (Lipinski definition) is 2. The van der Waals surface area contributed by atoms with Crippen molar-refractivity contribution < 1.29 is 4.79 Å². The number of para-hydroxylation sites is 1. The maximum atomic E-state index is 13.6. The molecule has 2 aliphatic rings. The van der Waals surface area contributed by atoms with Crippen molar-refractivity contribution in [1.82, 2.24) is 5.01 Å². The van der Waals surface area contributed by atoms with Gasteiger partial charge in [0, 0.05) is 6.54 Å². The normalized spacial score (nSPS) is 22.2. The summed E-state index contributed by atoms with van der Waals surface area (Å²) < 4.78 is 0. The van der Waals surface area contributed by atoms with Crippen molar-refractivity contribution >= 4 is 11.6 Å². The molecule has 0 saturated carbocycles. The lowest BCUT2D eigenvalue weighted by atomic mass is 9.93. The fourth-order valence-electron chi connectivity index (χ4n) is 4.54. The lowest BCUT2D eigenvalue weighted by Crippen LogP contribution is -2.45. The summed E-state index contributed by atoms with van der Waals surface area (Å²) in [6.07, 6.45) is 2.17. The molecule has 3 aromatic rings. The van der Waals surface area contributed by atoms with Gasteiger partial charge in [-0.25, -0.2) is 10.0 Å². The van der Waals surface area contributed by atoms with Gasteiger partial charge in [-0.3, -0.25) is 4.79 Å². The highest BCUT2D eigenvalue weighted by atomic mass is 16.2. The first-order chi connectivity index (χ1) is 13.3. The highest BCUT2D eigenvalue weighted by molar-refractivity contribution is 6.06. The topological polar surface area (TPSA) is 23.6 Å². The summed E-state index contributed by atoms with van der Waals surface area (Å²) >= 11 is 0. The molecule has 1 fully saturated rings. The van der Waals surface area contributed by atoms with Crippen LogP contribution in [0.3, 0.4) is 0 Å². The van der Waals surface area contributed by atoms with Crippen molar-refractivity contribution in [3.8, 4) is 0 Å². The van der Waals surface area contributed by atoms with Crippen molar-refractivity contribution in [3.63, 3.8) is 0 Å². The summed E-state index contributed by atoms with van der Waals surface area (Å²) in [4.78, 5) is 13.6. The second kappa shape index (κ2) is 6.67. The number of benzene rings is 3. The summed E-state index contributed by atoms with van der Waals surface area (Å²) in [5.41, 5.74) is 4.47. The standard InChI is InChI=1S/C24H22N2O/c27-24-23(19-12-5-2-6-13-19)20-14-7-8-15-22(20)26(24)25-17-9-16-21(25)18-10-3-1-4-11-18/h1-8,10-15,21,23H,9,16-17H2/t21-,23-/m1/s1. The SMILES string of the molecule is O=C1[C@H](c2ccccc2)c2ccccc2N1N1CCC[C@@H]1c1ccccc1. The Hall–Kier alpha value is -2.91. The van der Waals surface area contributed by atoms with E-state index in [1.165, 1.54) is 5.56 Å². The molecule has 3 heteroatoms. The van der Waals surface area contributed by atoms with Crippen LogP contribution in [0.15, 0.2) is 84.9 Å². The van der Waals surface area contributed by atoms with Crippen molar-refractivity contribution in [3.05, 3.63) is 102 Å². The van der Waals surface area contributed by atoms with Crippen molar-refractivity contribution in [2.45, 2.75) is 24.8 Å². The van der Waals surface area contributed by atoms with Crippen molar-refractivity contribution in [1.29, 1.82) is 0 Å². The van der Waals surface area contributed by atoms with Crippen LogP contribution in [0.1, 0.15) is 41.5 Å². The number of rotatable bonds is 3. The van der Waals surface area contributed by atoms with Crippen molar-refractivity contribution in [2.24, 2.45) is 0 Å². The molecule has 2 heterocycles. The Kier molecular flexibility index (Phi) is 4.02. The fraction of sp³-hybridized carbons (Fsp3) is 0.208. The molecule has 0 aliphatic carbocycles. The van der Waals surface area contributed by atoms with E-state index in [1.807, 2.05) is 41.4 Å². The maximum Gasteiger partial charge on any atom is 0.253 e. The second-order valence-corrected chi connectivity index (χ2v) is 7.28. The minimum absolute atomic E-state index is 0.158. The van der Waals surface area contributed by atoms with Crippen LogP contribution >= 0.6 is 0 Å². The first-order valence-corrected chi connectivity index (χ1v) is 9.64. The predicted molar refractivity (Wildman–Crippen MR) is 107 cm³/mol. The van der Waals surface area contributed by atoms with E-state index >= 15 is 0 Å². The average Bonchev–Trinajstić information content (AvgIpc) is 3.31. The van der Waals surface area contributed by atoms with E-state index in [4.69, 9.17) is 0 Å². The lowest BCUT2D eigenvalue weighted by molar-refractivity contribution is -0.121. The maximum absolute atomic E-state index is 13.6. The minimum atomic E-state index is -0.223. The quantitative estimate of drug-likeness (QED) is 0.667. The Labute approximate surface area is 159 Å². The van der Waals surface area contributed by atoms with Gasteiger partial charge in [0.1, 0.15) is 0 Å². The number of carbonyl (C=O) groups excluding carboxylic acids is 1. The van der Waals surface area contributed by atoms with E-state index in [1.54, 1.807) is 0 Å². The molecule has 0 spiro atoms. The molecule has 2 atom stereocenters. The van der Waals surface area contributed by atoms with Crippen LogP contribution in [-0.4, -0.2) is 17.5 Å². The van der Waals surface area contributed by atoms with Crippen LogP contribution in [0.4, 0.5) is 5.69 Å². The molecule has 3 aromatic carbocycles. The van der Waals surface area contributed by atoms with E-state index in [0.717, 1.165) is 36.2 Å². The van der Waals surface area contributed by atoms with Gasteiger partial charge in [0.15, 0.2) is 0 Å². The van der Waals surface area contributed by atoms with Crippen LogP contribution < -0.4 is 5.01 Å². The summed E-state index contributed by atoms with van der Waals surface area (Å²) in [5.74, 6) is -0.0651. The molecule has 0 aromatic heterocycles. The zero-order chi connectivity index (χ0) is 18.2. The Morgan fingerprint density at radius 2 is 1.37 bits per heavy atom. The van der Waals surface area contributed by atoms with Crippen LogP contribution in [0.2, 0.25) is 0 Å². The van der Waals surface area contributed by atoms with Crippen LogP contribution in [0.25, 0.3) is 0 Å². The number of fused-ring (bicyclic) bond motifs is 1. The van der Waals surface area contributed by atoms with Gasteiger partial charge in [0.25, 0.3) is 5.91 Å². The highest BCUT2D eigenvalue weighted by Crippen LogP contribution is 2.45. The highest BCUT2D eigenvalue weighted by Gasteiger charge is 2.44. The molecular weight excluding hydrogens is 332 g/mol. The smallest absolute Gasteiger partial charge is 0.253 e. The molecule has 5 rings (SSSR count). The van der Waals surface area contributed by atoms with E-state index in [-0.39, 0.29) is 17.9 Å². The zero-order valence-corrected chi connectivity index (χ0v) is 15.2. The molecular formula is C24H22N2O. The van der Waals surface area contributed by atoms with Gasteiger partial charge in [-0.05, 0) is 35.6 Å². The number of nitrogens with zero attached hydrogens (tertiary/aromatic N) is 2. The van der Waals surface area contributed by atoms with Gasteiger partial charge < -0.3 is 0 Å². The van der Waals surface area contributed by atoms with Gasteiger partial charge in [0.05, 0.1) is 17.6 Å². The minimum Gasteiger partial charge on any atom is -0.272 e. The number of anilines is 1. The summed E-state index contributed by atoms with van der Waals surface area (Å²) in [5, 5.41) is 4.23. The summed E-state index contributed by atoms with van der Waals surface area (Å²) in [7, 11) is 0. The Balaban J connectivity index is 1.58. The third-order valence-electron chi connectivity index (χ3n) is 5.73. The Bertz CT molecular complexity index is 954. The summed E-state index contributed by atoms with van der Waals surface area (Å²) in [6, 6.07) is 29.2. The Morgan fingerprint density at radius 3 is 2.11 bits per heavy atom. The van der Waals surface area contributed by atoms with E-state index in [0.29, 0.717) is 0 Å². The molecule has 3 nitrogen and oxygen atoms in total. The molecule has 2 aliphatic heterocycles. The molecule has 1 saturated heterocycles. The summed E-state index contributed by atoms with van der Waals surface area (Å²) in [6.45, 7) is 0.904. The predicted octanol–water partition coefficient (Wildman–Crippen LogP) is 4.92. The first-order valence-electron chi connectivity index (χ1n) is 9.64. The number of hydrazine groups is 1. The molecule has 0 unspecified atom stereocenters. The number of amides is 1. The molecule has 0 radical (unpaired) electrons. The van der Waals surface area contributed by atoms with E-state index in [2.05, 4.69) is 53.5 Å². The van der Waals surface area contributed by atoms with Gasteiger partial charge in [-0.15, -0.1) is 0 Å². The van der Waals surface area contributed by atoms with Crippen LogP contribution in [0.5, 0.6) is 0 Å². The molecule has 0 N–H and O–H groups in total. The fourth-order valence-corrected chi connectivity index (χ4v) is 4.54. The van der Waals surface area contributed by atoms with Crippen LogP contribution in [0, 0.1) is 0 Å². The largest absolute Gasteiger partial charge is 0.272 e. The van der Waals surface area contributed by atoms with E-state index < -0.39 is 0 Å². The monoisotopic (exact) mass is 354 g/mol. The number of hydrogen-bond donors (Lipinski definition) is 0. The molecule has 0 bridgehead atoms. The van der Waals surface area contributed by atoms with Gasteiger partial charge in [-0.1, -0.05) is 78.9 Å². The second-order valence-electron chi connectivity index (χ2n) is 7.28. The van der Waals surface area contributed by atoms with Gasteiger partial charge in [-0.2, -0.15) is 0 Å². The molecule has 27 heavy (non-hydrogen) atoms. The third kappa shape index (κ3) is 2.66. The zero-order valence-electron chi connectivity index (χ0n) is 15.2. The van der Waals surface area contributed by atoms with E-state index in [9.17, 15) is 4.79 Å².